The largest absolute Gasteiger partial charge is 0.364 e. The number of rotatable bonds is 1. The lowest BCUT2D eigenvalue weighted by atomic mass is 9.94. The van der Waals surface area contributed by atoms with Crippen molar-refractivity contribution in [3.05, 3.63) is 23.3 Å². The van der Waals surface area contributed by atoms with Gasteiger partial charge in [-0.3, -0.25) is 0 Å². The van der Waals surface area contributed by atoms with E-state index >= 15 is 0 Å². The standard InChI is InChI=1S/C12H20O/c1-9(2)7-12(5)8-10(3)6-11(4)13-12/h7-8,11H,6H2,1-5H3. The summed E-state index contributed by atoms with van der Waals surface area (Å²) >= 11 is 0. The van der Waals surface area contributed by atoms with Gasteiger partial charge in [-0.25, -0.2) is 0 Å². The predicted molar refractivity (Wildman–Crippen MR) is 56.8 cm³/mol. The Morgan fingerprint density at radius 1 is 1.62 bits per heavy atom. The van der Waals surface area contributed by atoms with Gasteiger partial charge in [0.05, 0.1) is 6.10 Å². The Morgan fingerprint density at radius 3 is 2.69 bits per heavy atom. The molecule has 1 aliphatic rings. The Labute approximate surface area is 81.5 Å². The van der Waals surface area contributed by atoms with E-state index in [1.54, 1.807) is 0 Å². The van der Waals surface area contributed by atoms with Crippen molar-refractivity contribution in [3.63, 3.8) is 0 Å². The van der Waals surface area contributed by atoms with E-state index in [9.17, 15) is 0 Å². The molecule has 0 aromatic heterocycles. The van der Waals surface area contributed by atoms with Crippen LogP contribution in [0.4, 0.5) is 0 Å². The molecule has 0 radical (unpaired) electrons. The van der Waals surface area contributed by atoms with Gasteiger partial charge in [-0.1, -0.05) is 23.3 Å². The summed E-state index contributed by atoms with van der Waals surface area (Å²) in [6.45, 7) is 10.6. The Bertz CT molecular complexity index is 246. The fourth-order valence-corrected chi connectivity index (χ4v) is 2.16. The number of hydrogen-bond acceptors (Lipinski definition) is 1. The summed E-state index contributed by atoms with van der Waals surface area (Å²) in [5.41, 5.74) is 2.56. The van der Waals surface area contributed by atoms with Crippen molar-refractivity contribution in [2.45, 2.75) is 52.7 Å². The minimum Gasteiger partial charge on any atom is -0.364 e. The van der Waals surface area contributed by atoms with Crippen LogP contribution in [0, 0.1) is 0 Å². The average molecular weight is 180 g/mol. The highest BCUT2D eigenvalue weighted by molar-refractivity contribution is 5.22. The summed E-state index contributed by atoms with van der Waals surface area (Å²) in [5, 5.41) is 0. The molecule has 1 heterocycles. The average Bonchev–Trinajstić information content (AvgIpc) is 1.77. The molecule has 1 rings (SSSR count). The Morgan fingerprint density at radius 2 is 2.23 bits per heavy atom. The van der Waals surface area contributed by atoms with Crippen LogP contribution in [-0.4, -0.2) is 11.7 Å². The molecule has 0 saturated carbocycles. The minimum atomic E-state index is -0.180. The van der Waals surface area contributed by atoms with E-state index in [0.29, 0.717) is 6.10 Å². The van der Waals surface area contributed by atoms with E-state index in [0.717, 1.165) is 6.42 Å². The van der Waals surface area contributed by atoms with E-state index in [2.05, 4.69) is 46.8 Å². The molecule has 0 fully saturated rings. The number of allylic oxidation sites excluding steroid dienone is 1. The molecule has 2 unspecified atom stereocenters. The van der Waals surface area contributed by atoms with Crippen molar-refractivity contribution < 1.29 is 4.74 Å². The molecule has 74 valence electrons. The van der Waals surface area contributed by atoms with Crippen LogP contribution in [0.5, 0.6) is 0 Å². The highest BCUT2D eigenvalue weighted by atomic mass is 16.5. The fourth-order valence-electron chi connectivity index (χ4n) is 2.16. The van der Waals surface area contributed by atoms with Gasteiger partial charge in [0.1, 0.15) is 5.60 Å². The topological polar surface area (TPSA) is 9.23 Å². The van der Waals surface area contributed by atoms with Crippen molar-refractivity contribution in [1.82, 2.24) is 0 Å². The van der Waals surface area contributed by atoms with Gasteiger partial charge in [0.25, 0.3) is 0 Å². The second kappa shape index (κ2) is 3.67. The van der Waals surface area contributed by atoms with Crippen LogP contribution >= 0.6 is 0 Å². The van der Waals surface area contributed by atoms with Crippen LogP contribution in [-0.2, 0) is 4.74 Å². The van der Waals surface area contributed by atoms with Gasteiger partial charge in [-0.05, 0) is 41.0 Å². The van der Waals surface area contributed by atoms with Crippen LogP contribution in [0.3, 0.4) is 0 Å². The second-order valence-electron chi connectivity index (χ2n) is 4.53. The SMILES string of the molecule is CC(C)=CC1(C)C=C(C)CC(C)O1. The van der Waals surface area contributed by atoms with Crippen molar-refractivity contribution in [3.8, 4) is 0 Å². The summed E-state index contributed by atoms with van der Waals surface area (Å²) in [7, 11) is 0. The summed E-state index contributed by atoms with van der Waals surface area (Å²) < 4.78 is 5.90. The molecular weight excluding hydrogens is 160 g/mol. The molecule has 0 aromatic rings. The van der Waals surface area contributed by atoms with Gasteiger partial charge in [0, 0.05) is 0 Å². The third-order valence-corrected chi connectivity index (χ3v) is 2.17. The zero-order chi connectivity index (χ0) is 10.1. The lowest BCUT2D eigenvalue weighted by Gasteiger charge is -2.33. The molecule has 0 spiro atoms. The van der Waals surface area contributed by atoms with Gasteiger partial charge in [0.2, 0.25) is 0 Å². The normalized spacial score (nSPS) is 33.9. The van der Waals surface area contributed by atoms with Crippen LogP contribution in [0.25, 0.3) is 0 Å². The molecule has 2 atom stereocenters. The maximum atomic E-state index is 5.90. The third-order valence-electron chi connectivity index (χ3n) is 2.17. The first-order valence-corrected chi connectivity index (χ1v) is 4.93. The van der Waals surface area contributed by atoms with Crippen molar-refractivity contribution in [2.24, 2.45) is 0 Å². The first kappa shape index (κ1) is 10.5. The molecule has 0 N–H and O–H groups in total. The van der Waals surface area contributed by atoms with Gasteiger partial charge < -0.3 is 4.74 Å². The monoisotopic (exact) mass is 180 g/mol. The molecule has 0 amide bonds. The predicted octanol–water partition coefficient (Wildman–Crippen LogP) is 3.47. The van der Waals surface area contributed by atoms with Crippen LogP contribution in [0.2, 0.25) is 0 Å². The molecular formula is C12H20O. The summed E-state index contributed by atoms with van der Waals surface area (Å²) in [4.78, 5) is 0. The molecule has 1 aliphatic heterocycles. The first-order chi connectivity index (χ1) is 5.91. The maximum absolute atomic E-state index is 5.90. The molecule has 0 aliphatic carbocycles. The van der Waals surface area contributed by atoms with E-state index in [1.165, 1.54) is 11.1 Å². The van der Waals surface area contributed by atoms with Crippen molar-refractivity contribution in [1.29, 1.82) is 0 Å². The van der Waals surface area contributed by atoms with E-state index in [1.807, 2.05) is 0 Å². The Kier molecular flexibility index (Phi) is 2.97. The Balaban J connectivity index is 2.90. The molecule has 1 nitrogen and oxygen atoms in total. The van der Waals surface area contributed by atoms with Crippen LogP contribution < -0.4 is 0 Å². The van der Waals surface area contributed by atoms with Crippen LogP contribution in [0.1, 0.15) is 41.0 Å². The zero-order valence-corrected chi connectivity index (χ0v) is 9.35. The molecule has 13 heavy (non-hydrogen) atoms. The van der Waals surface area contributed by atoms with E-state index < -0.39 is 0 Å². The lowest BCUT2D eigenvalue weighted by Crippen LogP contribution is -2.33. The number of hydrogen-bond donors (Lipinski definition) is 0. The van der Waals surface area contributed by atoms with E-state index in [4.69, 9.17) is 4.74 Å². The van der Waals surface area contributed by atoms with E-state index in [-0.39, 0.29) is 5.60 Å². The quantitative estimate of drug-likeness (QED) is 0.561. The highest BCUT2D eigenvalue weighted by Crippen LogP contribution is 2.28. The molecule has 0 saturated heterocycles. The first-order valence-electron chi connectivity index (χ1n) is 4.93. The summed E-state index contributed by atoms with van der Waals surface area (Å²) in [6.07, 6.45) is 5.81. The lowest BCUT2D eigenvalue weighted by molar-refractivity contribution is -0.0237. The highest BCUT2D eigenvalue weighted by Gasteiger charge is 2.26. The minimum absolute atomic E-state index is 0.180. The Hall–Kier alpha value is -0.560. The van der Waals surface area contributed by atoms with Crippen LogP contribution in [0.15, 0.2) is 23.3 Å². The number of ether oxygens (including phenoxy) is 1. The second-order valence-corrected chi connectivity index (χ2v) is 4.53. The summed E-state index contributed by atoms with van der Waals surface area (Å²) in [5.74, 6) is 0. The van der Waals surface area contributed by atoms with Gasteiger partial charge in [-0.2, -0.15) is 0 Å². The summed E-state index contributed by atoms with van der Waals surface area (Å²) in [6, 6.07) is 0. The fraction of sp³-hybridized carbons (Fsp3) is 0.667. The molecule has 0 aromatic carbocycles. The third kappa shape index (κ3) is 3.00. The van der Waals surface area contributed by atoms with Crippen molar-refractivity contribution in [2.75, 3.05) is 0 Å². The molecule has 0 bridgehead atoms. The van der Waals surface area contributed by atoms with Gasteiger partial charge in [-0.15, -0.1) is 0 Å². The molecule has 1 heteroatoms. The maximum Gasteiger partial charge on any atom is 0.102 e. The van der Waals surface area contributed by atoms with Crippen molar-refractivity contribution >= 4 is 0 Å². The zero-order valence-electron chi connectivity index (χ0n) is 9.35. The smallest absolute Gasteiger partial charge is 0.102 e. The van der Waals surface area contributed by atoms with Gasteiger partial charge in [0.15, 0.2) is 0 Å². The van der Waals surface area contributed by atoms with Gasteiger partial charge >= 0.3 is 0 Å².